The largest absolute Gasteiger partial charge is 0.339 e. The zero-order valence-corrected chi connectivity index (χ0v) is 15.1. The highest BCUT2D eigenvalue weighted by molar-refractivity contribution is 8.07. The Morgan fingerprint density at radius 2 is 2.19 bits per heavy atom. The maximum Gasteiger partial charge on any atom is 0.226 e. The molecule has 120 valence electrons. The lowest BCUT2D eigenvalue weighted by Gasteiger charge is -2.29. The van der Waals surface area contributed by atoms with E-state index < -0.39 is 0 Å². The van der Waals surface area contributed by atoms with E-state index in [1.54, 1.807) is 0 Å². The third-order valence-electron chi connectivity index (χ3n) is 3.86. The van der Waals surface area contributed by atoms with Crippen molar-refractivity contribution in [1.82, 2.24) is 15.5 Å². The molecule has 2 rings (SSSR count). The molecule has 1 N–H and O–H groups in total. The molecule has 0 spiro atoms. The molecule has 2 heterocycles. The third-order valence-corrected chi connectivity index (χ3v) is 7.24. The molecule has 1 aliphatic rings. The molecule has 4 unspecified atom stereocenters. The van der Waals surface area contributed by atoms with E-state index >= 15 is 0 Å². The highest BCUT2D eigenvalue weighted by Crippen LogP contribution is 2.43. The summed E-state index contributed by atoms with van der Waals surface area (Å²) in [4.78, 5) is 4.61. The van der Waals surface area contributed by atoms with Gasteiger partial charge in [-0.05, 0) is 26.3 Å². The number of aryl methyl sites for hydroxylation is 1. The first kappa shape index (κ1) is 17.2. The molecule has 1 aromatic heterocycles. The molecule has 1 aliphatic heterocycles. The van der Waals surface area contributed by atoms with Gasteiger partial charge in [0.05, 0.1) is 5.25 Å². The Labute approximate surface area is 136 Å². The highest BCUT2D eigenvalue weighted by atomic mass is 32.2. The van der Waals surface area contributed by atoms with Crippen molar-refractivity contribution in [1.29, 1.82) is 0 Å². The zero-order valence-electron chi connectivity index (χ0n) is 13.5. The number of rotatable bonds is 7. The van der Waals surface area contributed by atoms with Crippen molar-refractivity contribution in [3.05, 3.63) is 11.7 Å². The Hall–Kier alpha value is -0.200. The Bertz CT molecular complexity index is 427. The minimum atomic E-state index is 0.384. The first-order chi connectivity index (χ1) is 10.1. The van der Waals surface area contributed by atoms with Crippen molar-refractivity contribution in [3.8, 4) is 0 Å². The maximum absolute atomic E-state index is 5.42. The minimum absolute atomic E-state index is 0.384. The Morgan fingerprint density at radius 1 is 1.38 bits per heavy atom. The first-order valence-electron chi connectivity index (χ1n) is 7.93. The van der Waals surface area contributed by atoms with Gasteiger partial charge < -0.3 is 9.84 Å². The SMILES string of the molecule is CCCNC(C)CCc1nc(C2CSC(C)C(C)S2)no1. The van der Waals surface area contributed by atoms with Gasteiger partial charge in [0.25, 0.3) is 0 Å². The van der Waals surface area contributed by atoms with E-state index in [2.05, 4.69) is 43.2 Å². The molecule has 0 aromatic carbocycles. The lowest BCUT2D eigenvalue weighted by Crippen LogP contribution is -2.27. The number of nitrogens with zero attached hydrogens (tertiary/aromatic N) is 2. The summed E-state index contributed by atoms with van der Waals surface area (Å²) in [6.07, 6.45) is 3.07. The molecule has 0 bridgehead atoms. The summed E-state index contributed by atoms with van der Waals surface area (Å²) in [7, 11) is 0. The van der Waals surface area contributed by atoms with Crippen LogP contribution in [0.2, 0.25) is 0 Å². The molecule has 1 fully saturated rings. The van der Waals surface area contributed by atoms with Crippen LogP contribution in [-0.2, 0) is 6.42 Å². The van der Waals surface area contributed by atoms with Gasteiger partial charge in [0.15, 0.2) is 5.82 Å². The topological polar surface area (TPSA) is 51.0 Å². The predicted molar refractivity (Wildman–Crippen MR) is 92.1 cm³/mol. The van der Waals surface area contributed by atoms with Gasteiger partial charge in [-0.1, -0.05) is 25.9 Å². The van der Waals surface area contributed by atoms with Crippen LogP contribution >= 0.6 is 23.5 Å². The van der Waals surface area contributed by atoms with Crippen molar-refractivity contribution in [2.24, 2.45) is 0 Å². The highest BCUT2D eigenvalue weighted by Gasteiger charge is 2.29. The molecule has 1 saturated heterocycles. The van der Waals surface area contributed by atoms with Crippen molar-refractivity contribution in [2.45, 2.75) is 68.7 Å². The molecule has 0 saturated carbocycles. The van der Waals surface area contributed by atoms with E-state index in [0.29, 0.717) is 21.8 Å². The summed E-state index contributed by atoms with van der Waals surface area (Å²) >= 11 is 3.99. The summed E-state index contributed by atoms with van der Waals surface area (Å²) in [6, 6.07) is 0.501. The van der Waals surface area contributed by atoms with E-state index in [0.717, 1.165) is 36.9 Å². The van der Waals surface area contributed by atoms with Crippen LogP contribution < -0.4 is 5.32 Å². The van der Waals surface area contributed by atoms with E-state index in [9.17, 15) is 0 Å². The third kappa shape index (κ3) is 5.18. The van der Waals surface area contributed by atoms with Crippen LogP contribution in [0.1, 0.15) is 57.5 Å². The fourth-order valence-electron chi connectivity index (χ4n) is 2.25. The number of hydrogen-bond donors (Lipinski definition) is 1. The minimum Gasteiger partial charge on any atom is -0.339 e. The van der Waals surface area contributed by atoms with Crippen LogP contribution in [0, 0.1) is 0 Å². The van der Waals surface area contributed by atoms with Crippen LogP contribution in [0.15, 0.2) is 4.52 Å². The normalized spacial score (nSPS) is 27.7. The first-order valence-corrected chi connectivity index (χ1v) is 9.92. The molecular formula is C15H27N3OS2. The summed E-state index contributed by atoms with van der Waals surface area (Å²) in [5.41, 5.74) is 0. The van der Waals surface area contributed by atoms with Crippen molar-refractivity contribution in [3.63, 3.8) is 0 Å². The van der Waals surface area contributed by atoms with E-state index in [1.807, 2.05) is 23.5 Å². The molecule has 0 amide bonds. The predicted octanol–water partition coefficient (Wildman–Crippen LogP) is 3.69. The number of hydrogen-bond acceptors (Lipinski definition) is 6. The van der Waals surface area contributed by atoms with Crippen LogP contribution in [0.25, 0.3) is 0 Å². The van der Waals surface area contributed by atoms with E-state index in [-0.39, 0.29) is 0 Å². The second-order valence-electron chi connectivity index (χ2n) is 5.81. The van der Waals surface area contributed by atoms with E-state index in [4.69, 9.17) is 4.52 Å². The molecular weight excluding hydrogens is 302 g/mol. The van der Waals surface area contributed by atoms with Crippen LogP contribution in [0.5, 0.6) is 0 Å². The number of aromatic nitrogens is 2. The lowest BCUT2D eigenvalue weighted by atomic mass is 10.2. The second-order valence-corrected chi connectivity index (χ2v) is 8.80. The molecule has 4 atom stereocenters. The fraction of sp³-hybridized carbons (Fsp3) is 0.867. The zero-order chi connectivity index (χ0) is 15.2. The van der Waals surface area contributed by atoms with Crippen molar-refractivity contribution in [2.75, 3.05) is 12.3 Å². The van der Waals surface area contributed by atoms with Crippen LogP contribution in [0.3, 0.4) is 0 Å². The Kier molecular flexibility index (Phi) is 6.89. The molecule has 4 nitrogen and oxygen atoms in total. The second kappa shape index (κ2) is 8.44. The summed E-state index contributed by atoms with van der Waals surface area (Å²) in [5, 5.41) is 9.43. The molecule has 1 aromatic rings. The lowest BCUT2D eigenvalue weighted by molar-refractivity contribution is 0.362. The van der Waals surface area contributed by atoms with Crippen molar-refractivity contribution >= 4 is 23.5 Å². The number of nitrogens with one attached hydrogen (secondary N) is 1. The molecule has 6 heteroatoms. The summed E-state index contributed by atoms with van der Waals surface area (Å²) < 4.78 is 5.42. The van der Waals surface area contributed by atoms with Crippen molar-refractivity contribution < 1.29 is 4.52 Å². The van der Waals surface area contributed by atoms with Crippen LogP contribution in [0.4, 0.5) is 0 Å². The van der Waals surface area contributed by atoms with Crippen LogP contribution in [-0.4, -0.2) is 39.0 Å². The van der Waals surface area contributed by atoms with Gasteiger partial charge in [0.1, 0.15) is 0 Å². The van der Waals surface area contributed by atoms with E-state index in [1.165, 1.54) is 6.42 Å². The average Bonchev–Trinajstić information content (AvgIpc) is 2.94. The van der Waals surface area contributed by atoms with Gasteiger partial charge in [-0.25, -0.2) is 0 Å². The summed E-state index contributed by atoms with van der Waals surface area (Å²) in [6.45, 7) is 10.1. The van der Waals surface area contributed by atoms with Gasteiger partial charge in [-0.2, -0.15) is 16.7 Å². The number of thioether (sulfide) groups is 2. The Balaban J connectivity index is 1.81. The quantitative estimate of drug-likeness (QED) is 0.823. The fourth-order valence-corrected chi connectivity index (χ4v) is 5.09. The van der Waals surface area contributed by atoms with Gasteiger partial charge in [0, 0.05) is 28.7 Å². The van der Waals surface area contributed by atoms with Gasteiger partial charge in [-0.15, -0.1) is 11.8 Å². The smallest absolute Gasteiger partial charge is 0.226 e. The summed E-state index contributed by atoms with van der Waals surface area (Å²) in [5.74, 6) is 2.76. The van der Waals surface area contributed by atoms with Gasteiger partial charge in [0.2, 0.25) is 5.89 Å². The van der Waals surface area contributed by atoms with Gasteiger partial charge >= 0.3 is 0 Å². The monoisotopic (exact) mass is 329 g/mol. The van der Waals surface area contributed by atoms with Gasteiger partial charge in [-0.3, -0.25) is 0 Å². The Morgan fingerprint density at radius 3 is 2.90 bits per heavy atom. The molecule has 0 aliphatic carbocycles. The maximum atomic E-state index is 5.42. The molecule has 0 radical (unpaired) electrons. The molecule has 21 heavy (non-hydrogen) atoms. The average molecular weight is 330 g/mol. The standard InChI is InChI=1S/C15H27N3OS2/c1-5-8-16-10(2)6-7-14-17-15(18-19-14)13-9-20-11(3)12(4)21-13/h10-13,16H,5-9H2,1-4H3.